The molecule has 0 bridgehead atoms. The zero-order valence-corrected chi connectivity index (χ0v) is 17.3. The van der Waals surface area contributed by atoms with E-state index in [1.807, 2.05) is 13.8 Å². The lowest BCUT2D eigenvalue weighted by Crippen LogP contribution is -2.13. The third-order valence-corrected chi connectivity index (χ3v) is 5.18. The van der Waals surface area contributed by atoms with Crippen LogP contribution in [-0.2, 0) is 11.2 Å². The van der Waals surface area contributed by atoms with Gasteiger partial charge in [-0.25, -0.2) is 4.98 Å². The molecule has 8 heteroatoms. The van der Waals surface area contributed by atoms with Gasteiger partial charge in [-0.3, -0.25) is 10.1 Å². The molecular formula is C20H20N2O4S2. The average molecular weight is 417 g/mol. The fraction of sp³-hybridized carbons (Fsp3) is 0.200. The first-order valence-corrected chi connectivity index (χ1v) is 11.0. The van der Waals surface area contributed by atoms with Crippen molar-refractivity contribution >= 4 is 33.6 Å². The van der Waals surface area contributed by atoms with Gasteiger partial charge in [-0.05, 0) is 61.4 Å². The van der Waals surface area contributed by atoms with Crippen LogP contribution < -0.4 is 14.8 Å². The number of nitrogens with one attached hydrogen (secondary N) is 1. The molecule has 0 radical (unpaired) electrons. The number of carbonyl (C=O) groups excluding carboxylic acids is 1. The van der Waals surface area contributed by atoms with Crippen molar-refractivity contribution in [2.24, 2.45) is 0 Å². The summed E-state index contributed by atoms with van der Waals surface area (Å²) in [6, 6.07) is 12.0. The maximum atomic E-state index is 12.6. The van der Waals surface area contributed by atoms with Crippen LogP contribution in [-0.4, -0.2) is 27.8 Å². The second-order valence-corrected chi connectivity index (χ2v) is 8.45. The first-order chi connectivity index (χ1) is 13.4. The molecule has 2 aromatic carbocycles. The SMILES string of the molecule is CC(C)Oc1cc(Oc2ccc([S+](C)[O-])cc2)cc(C(=O)Nc2nccs2)c1. The van der Waals surface area contributed by atoms with Gasteiger partial charge in [0.05, 0.1) is 6.10 Å². The second kappa shape index (κ2) is 9.09. The van der Waals surface area contributed by atoms with Gasteiger partial charge in [-0.1, -0.05) is 0 Å². The number of benzene rings is 2. The molecule has 0 saturated carbocycles. The van der Waals surface area contributed by atoms with Crippen LogP contribution >= 0.6 is 11.3 Å². The quantitative estimate of drug-likeness (QED) is 0.564. The fourth-order valence-electron chi connectivity index (χ4n) is 2.39. The van der Waals surface area contributed by atoms with Gasteiger partial charge in [0.25, 0.3) is 5.91 Å². The van der Waals surface area contributed by atoms with E-state index in [-0.39, 0.29) is 12.0 Å². The summed E-state index contributed by atoms with van der Waals surface area (Å²) in [4.78, 5) is 17.4. The molecule has 3 rings (SSSR count). The zero-order chi connectivity index (χ0) is 20.1. The van der Waals surface area contributed by atoms with Crippen molar-refractivity contribution in [1.29, 1.82) is 0 Å². The van der Waals surface area contributed by atoms with Crippen LogP contribution in [0.1, 0.15) is 24.2 Å². The van der Waals surface area contributed by atoms with Crippen LogP contribution in [0.25, 0.3) is 0 Å². The predicted octanol–water partition coefficient (Wildman–Crippen LogP) is 4.71. The molecule has 0 aliphatic heterocycles. The second-order valence-electron chi connectivity index (χ2n) is 6.18. The average Bonchev–Trinajstić information content (AvgIpc) is 3.14. The normalized spacial score (nSPS) is 11.9. The van der Waals surface area contributed by atoms with Gasteiger partial charge >= 0.3 is 0 Å². The monoisotopic (exact) mass is 416 g/mol. The van der Waals surface area contributed by atoms with Crippen LogP contribution in [0.15, 0.2) is 58.9 Å². The summed E-state index contributed by atoms with van der Waals surface area (Å²) in [6.07, 6.45) is 3.19. The van der Waals surface area contributed by atoms with E-state index in [1.54, 1.807) is 60.3 Å². The van der Waals surface area contributed by atoms with E-state index in [0.717, 1.165) is 0 Å². The molecule has 1 amide bonds. The molecule has 28 heavy (non-hydrogen) atoms. The van der Waals surface area contributed by atoms with Crippen LogP contribution in [0.4, 0.5) is 5.13 Å². The summed E-state index contributed by atoms with van der Waals surface area (Å²) < 4.78 is 23.2. The Balaban J connectivity index is 1.85. The molecular weight excluding hydrogens is 396 g/mol. The molecule has 6 nitrogen and oxygen atoms in total. The summed E-state index contributed by atoms with van der Waals surface area (Å²) >= 11 is 0.287. The standard InChI is InChI=1S/C20H20N2O4S2/c1-13(2)25-16-10-14(19(23)22-20-21-8-9-27-20)11-17(12-16)26-15-4-6-18(7-5-15)28(3)24/h4-13H,1-3H3,(H,21,22,23). The van der Waals surface area contributed by atoms with Crippen LogP contribution in [0, 0.1) is 0 Å². The van der Waals surface area contributed by atoms with Crippen molar-refractivity contribution in [2.75, 3.05) is 11.6 Å². The number of thiazole rings is 1. The van der Waals surface area contributed by atoms with E-state index < -0.39 is 11.2 Å². The minimum absolute atomic E-state index is 0.0519. The Bertz CT molecular complexity index is 926. The van der Waals surface area contributed by atoms with E-state index in [9.17, 15) is 9.35 Å². The lowest BCUT2D eigenvalue weighted by molar-refractivity contribution is 0.102. The number of nitrogens with zero attached hydrogens (tertiary/aromatic N) is 1. The summed E-state index contributed by atoms with van der Waals surface area (Å²) in [7, 11) is 0. The molecule has 0 spiro atoms. The molecule has 1 unspecified atom stereocenters. The van der Waals surface area contributed by atoms with Crippen LogP contribution in [0.2, 0.25) is 0 Å². The summed E-state index contributed by atoms with van der Waals surface area (Å²) in [6.45, 7) is 3.82. The van der Waals surface area contributed by atoms with Crippen molar-refractivity contribution < 1.29 is 18.8 Å². The molecule has 1 aromatic heterocycles. The third-order valence-electron chi connectivity index (χ3n) is 3.56. The molecule has 3 aromatic rings. The number of amides is 1. The fourth-order valence-corrected chi connectivity index (χ4v) is 3.44. The lowest BCUT2D eigenvalue weighted by atomic mass is 10.2. The van der Waals surface area contributed by atoms with Gasteiger partial charge in [0.2, 0.25) is 0 Å². The largest absolute Gasteiger partial charge is 0.612 e. The van der Waals surface area contributed by atoms with Gasteiger partial charge in [-0.2, -0.15) is 0 Å². The first kappa shape index (κ1) is 20.2. The Labute approximate surface area is 170 Å². The van der Waals surface area contributed by atoms with Gasteiger partial charge in [0, 0.05) is 23.2 Å². The molecule has 0 aliphatic carbocycles. The smallest absolute Gasteiger partial charge is 0.257 e. The van der Waals surface area contributed by atoms with Crippen LogP contribution in [0.3, 0.4) is 0 Å². The Kier molecular flexibility index (Phi) is 6.56. The Morgan fingerprint density at radius 1 is 1.14 bits per heavy atom. The van der Waals surface area contributed by atoms with E-state index in [1.165, 1.54) is 11.3 Å². The third kappa shape index (κ3) is 5.48. The number of aromatic nitrogens is 1. The number of hydrogen-bond donors (Lipinski definition) is 1. The van der Waals surface area contributed by atoms with Gasteiger partial charge in [0.1, 0.15) is 23.5 Å². The molecule has 1 atom stereocenters. The van der Waals surface area contributed by atoms with Crippen molar-refractivity contribution in [2.45, 2.75) is 24.8 Å². The summed E-state index contributed by atoms with van der Waals surface area (Å²) in [5, 5.41) is 5.06. The maximum Gasteiger partial charge on any atom is 0.257 e. The number of anilines is 1. The van der Waals surface area contributed by atoms with E-state index in [2.05, 4.69) is 10.3 Å². The first-order valence-electron chi connectivity index (χ1n) is 8.54. The minimum Gasteiger partial charge on any atom is -0.612 e. The topological polar surface area (TPSA) is 83.5 Å². The molecule has 146 valence electrons. The van der Waals surface area contributed by atoms with Crippen molar-refractivity contribution in [3.05, 3.63) is 59.6 Å². The number of ether oxygens (including phenoxy) is 2. The van der Waals surface area contributed by atoms with Crippen molar-refractivity contribution in [3.63, 3.8) is 0 Å². The lowest BCUT2D eigenvalue weighted by Gasteiger charge is -2.14. The highest BCUT2D eigenvalue weighted by atomic mass is 32.2. The Morgan fingerprint density at radius 2 is 1.86 bits per heavy atom. The highest BCUT2D eigenvalue weighted by Gasteiger charge is 2.13. The molecule has 1 N–H and O–H groups in total. The number of carbonyl (C=O) groups is 1. The van der Waals surface area contributed by atoms with Gasteiger partial charge in [-0.15, -0.1) is 11.3 Å². The highest BCUT2D eigenvalue weighted by Crippen LogP contribution is 2.29. The van der Waals surface area contributed by atoms with E-state index in [4.69, 9.17) is 9.47 Å². The van der Waals surface area contributed by atoms with Crippen molar-refractivity contribution in [1.82, 2.24) is 4.98 Å². The van der Waals surface area contributed by atoms with Gasteiger partial charge < -0.3 is 14.0 Å². The summed E-state index contributed by atoms with van der Waals surface area (Å²) in [5.74, 6) is 1.27. The van der Waals surface area contributed by atoms with Gasteiger partial charge in [0.15, 0.2) is 10.0 Å². The minimum atomic E-state index is -1.05. The molecule has 1 heterocycles. The number of rotatable bonds is 7. The molecule has 0 saturated heterocycles. The van der Waals surface area contributed by atoms with E-state index in [0.29, 0.717) is 32.8 Å². The Morgan fingerprint density at radius 3 is 2.46 bits per heavy atom. The maximum absolute atomic E-state index is 12.6. The predicted molar refractivity (Wildman–Crippen MR) is 111 cm³/mol. The zero-order valence-electron chi connectivity index (χ0n) is 15.7. The van der Waals surface area contributed by atoms with Crippen molar-refractivity contribution in [3.8, 4) is 17.2 Å². The summed E-state index contributed by atoms with van der Waals surface area (Å²) in [5.41, 5.74) is 0.398. The number of hydrogen-bond acceptors (Lipinski definition) is 6. The molecule has 0 fully saturated rings. The highest BCUT2D eigenvalue weighted by molar-refractivity contribution is 7.90. The Hall–Kier alpha value is -2.55. The molecule has 0 aliphatic rings. The van der Waals surface area contributed by atoms with Crippen LogP contribution in [0.5, 0.6) is 17.2 Å². The van der Waals surface area contributed by atoms with E-state index >= 15 is 0 Å².